The van der Waals surface area contributed by atoms with Crippen molar-refractivity contribution in [2.45, 2.75) is 79.1 Å². The number of hydrogen-bond acceptors (Lipinski definition) is 3. The molecule has 4 aromatic carbocycles. The third-order valence-electron chi connectivity index (χ3n) is 9.20. The van der Waals surface area contributed by atoms with Crippen molar-refractivity contribution >= 4 is 21.8 Å². The van der Waals surface area contributed by atoms with Crippen LogP contribution in [0.25, 0.3) is 44.4 Å². The summed E-state index contributed by atoms with van der Waals surface area (Å²) in [5, 5.41) is 7.11. The van der Waals surface area contributed by atoms with Crippen LogP contribution in [0, 0.1) is 19.1 Å². The topological polar surface area (TPSA) is 44.9 Å². The number of nitrogens with zero attached hydrogens (tertiary/aromatic N) is 4. The number of aryl methyl sites for hydroxylation is 1. The zero-order valence-corrected chi connectivity index (χ0v) is 32.6. The molecule has 0 aliphatic rings. The number of pyridine rings is 1. The molecular formula is C44H44N4OPt. The van der Waals surface area contributed by atoms with E-state index < -0.39 is 0 Å². The van der Waals surface area contributed by atoms with Crippen LogP contribution in [-0.2, 0) is 31.9 Å². The molecule has 0 unspecified atom stereocenters. The van der Waals surface area contributed by atoms with Crippen molar-refractivity contribution in [3.63, 3.8) is 0 Å². The Balaban J connectivity index is 0.00000432. The first kappa shape index (κ1) is 35.4. The van der Waals surface area contributed by atoms with Crippen molar-refractivity contribution in [3.05, 3.63) is 132 Å². The molecule has 0 N–H and O–H groups in total. The maximum Gasteiger partial charge on any atom is 2.00 e. The fourth-order valence-corrected chi connectivity index (χ4v) is 6.98. The summed E-state index contributed by atoms with van der Waals surface area (Å²) in [5.41, 5.74) is 10.4. The van der Waals surface area contributed by atoms with Crippen molar-refractivity contribution in [2.75, 3.05) is 0 Å². The summed E-state index contributed by atoms with van der Waals surface area (Å²) >= 11 is 0. The minimum Gasteiger partial charge on any atom is -0.509 e. The minimum atomic E-state index is -0.0448. The predicted molar refractivity (Wildman–Crippen MR) is 202 cm³/mol. The van der Waals surface area contributed by atoms with Gasteiger partial charge >= 0.3 is 21.1 Å². The van der Waals surface area contributed by atoms with Gasteiger partial charge in [0.05, 0.1) is 6.20 Å². The Morgan fingerprint density at radius 2 is 1.54 bits per heavy atom. The second-order valence-electron chi connectivity index (χ2n) is 15.4. The van der Waals surface area contributed by atoms with Crippen LogP contribution in [0.2, 0.25) is 0 Å². The molecule has 3 heterocycles. The molecule has 7 aromatic rings. The van der Waals surface area contributed by atoms with Crippen LogP contribution in [-0.4, -0.2) is 19.3 Å². The molecule has 0 saturated heterocycles. The molecule has 0 bridgehead atoms. The van der Waals surface area contributed by atoms with E-state index in [0.717, 1.165) is 44.4 Å². The van der Waals surface area contributed by atoms with Gasteiger partial charge in [-0.15, -0.1) is 35.7 Å². The molecule has 5 nitrogen and oxygen atoms in total. The number of rotatable bonds is 6. The molecule has 0 spiro atoms. The molecule has 0 radical (unpaired) electrons. The van der Waals surface area contributed by atoms with Crippen molar-refractivity contribution in [1.29, 1.82) is 0 Å². The number of benzene rings is 4. The van der Waals surface area contributed by atoms with Gasteiger partial charge in [0.25, 0.3) is 0 Å². The van der Waals surface area contributed by atoms with Crippen molar-refractivity contribution in [2.24, 2.45) is 0 Å². The molecule has 0 saturated carbocycles. The summed E-state index contributed by atoms with van der Waals surface area (Å²) in [6.07, 6.45) is 5.97. The number of ether oxygens (including phenoxy) is 1. The molecule has 50 heavy (non-hydrogen) atoms. The summed E-state index contributed by atoms with van der Waals surface area (Å²) < 4.78 is 10.5. The first-order valence-electron chi connectivity index (χ1n) is 17.1. The second kappa shape index (κ2) is 13.3. The Bertz CT molecular complexity index is 2330. The van der Waals surface area contributed by atoms with Crippen molar-refractivity contribution in [1.82, 2.24) is 19.3 Å². The van der Waals surface area contributed by atoms with E-state index in [9.17, 15) is 0 Å². The standard InChI is InChI=1S/C44H44N4O.Pt/c1-28(2)34-19-20-37(43(4,5)6)41(42(34)44(7,8)9)30-26-46-47(27-30)31-13-12-14-32(24-31)49-33-17-18-36-35-15-10-11-16-38(35)48(39(36)25-33)40-23-29(3)21-22-45-40;/h10-23,26-28H,1-9H3;/q-2;+2. The van der Waals surface area contributed by atoms with E-state index >= 15 is 0 Å². The average molecular weight is 840 g/mol. The minimum absolute atomic E-state index is 0. The Hall–Kier alpha value is -4.47. The molecule has 7 rings (SSSR count). The van der Waals surface area contributed by atoms with Gasteiger partial charge in [0, 0.05) is 35.0 Å². The van der Waals surface area contributed by atoms with Gasteiger partial charge in [0.2, 0.25) is 0 Å². The maximum atomic E-state index is 6.43. The molecule has 6 heteroatoms. The van der Waals surface area contributed by atoms with Gasteiger partial charge in [0.15, 0.2) is 0 Å². The first-order chi connectivity index (χ1) is 23.3. The maximum absolute atomic E-state index is 6.43. The fraction of sp³-hybridized carbons (Fsp3) is 0.273. The fourth-order valence-electron chi connectivity index (χ4n) is 6.98. The SMILES string of the molecule is Cc1ccnc(-n2c3[c-]c(Oc4[c-]c(-n5cc(-c6c(C(C)(C)C)ccc(C(C)C)c6C(C)(C)C)cn5)ccc4)ccc3c3ccccc32)c1.[Pt+2]. The molecule has 256 valence electrons. The summed E-state index contributed by atoms with van der Waals surface area (Å²) in [7, 11) is 0. The second-order valence-corrected chi connectivity index (χ2v) is 15.4. The third-order valence-corrected chi connectivity index (χ3v) is 9.20. The zero-order chi connectivity index (χ0) is 34.7. The van der Waals surface area contributed by atoms with Crippen molar-refractivity contribution in [3.8, 4) is 34.1 Å². The molecule has 0 aliphatic heterocycles. The van der Waals surface area contributed by atoms with Crippen LogP contribution in [0.15, 0.2) is 97.5 Å². The van der Waals surface area contributed by atoms with Crippen LogP contribution in [0.1, 0.15) is 83.6 Å². The molecule has 0 atom stereocenters. The number of fused-ring (bicyclic) bond motifs is 3. The summed E-state index contributed by atoms with van der Waals surface area (Å²) in [6, 6.07) is 34.1. The molecule has 3 aromatic heterocycles. The molecular weight excluding hydrogens is 796 g/mol. The van der Waals surface area contributed by atoms with E-state index in [4.69, 9.17) is 14.8 Å². The van der Waals surface area contributed by atoms with Crippen molar-refractivity contribution < 1.29 is 25.8 Å². The number of para-hydroxylation sites is 1. The monoisotopic (exact) mass is 839 g/mol. The predicted octanol–water partition coefficient (Wildman–Crippen LogP) is 11.4. The van der Waals surface area contributed by atoms with Crippen LogP contribution >= 0.6 is 0 Å². The van der Waals surface area contributed by atoms with E-state index in [-0.39, 0.29) is 31.9 Å². The van der Waals surface area contributed by atoms with E-state index in [1.165, 1.54) is 22.3 Å². The first-order valence-corrected chi connectivity index (χ1v) is 17.1. The number of aromatic nitrogens is 4. The van der Waals surface area contributed by atoms with Gasteiger partial charge in [-0.25, -0.2) is 4.98 Å². The Morgan fingerprint density at radius 3 is 2.26 bits per heavy atom. The number of hydrogen-bond donors (Lipinski definition) is 0. The van der Waals surface area contributed by atoms with Crippen LogP contribution < -0.4 is 4.74 Å². The zero-order valence-electron chi connectivity index (χ0n) is 30.3. The Labute approximate surface area is 310 Å². The van der Waals surface area contributed by atoms with E-state index in [2.05, 4.69) is 134 Å². The normalized spacial score (nSPS) is 12.1. The van der Waals surface area contributed by atoms with E-state index in [1.54, 1.807) is 0 Å². The summed E-state index contributed by atoms with van der Waals surface area (Å²) in [6.45, 7) is 20.5. The summed E-state index contributed by atoms with van der Waals surface area (Å²) in [4.78, 5) is 4.70. The van der Waals surface area contributed by atoms with Gasteiger partial charge in [-0.3, -0.25) is 4.68 Å². The van der Waals surface area contributed by atoms with Crippen LogP contribution in [0.3, 0.4) is 0 Å². The van der Waals surface area contributed by atoms with Gasteiger partial charge in [-0.1, -0.05) is 91.2 Å². The van der Waals surface area contributed by atoms with Gasteiger partial charge in [0.1, 0.15) is 5.82 Å². The average Bonchev–Trinajstić information content (AvgIpc) is 3.67. The van der Waals surface area contributed by atoms with Gasteiger partial charge < -0.3 is 9.30 Å². The van der Waals surface area contributed by atoms with Crippen LogP contribution in [0.4, 0.5) is 0 Å². The van der Waals surface area contributed by atoms with Gasteiger partial charge in [-0.2, -0.15) is 17.2 Å². The molecule has 0 fully saturated rings. The smallest absolute Gasteiger partial charge is 0.509 e. The van der Waals surface area contributed by atoms with Gasteiger partial charge in [-0.05, 0) is 80.8 Å². The Morgan fingerprint density at radius 1 is 0.780 bits per heavy atom. The Kier molecular flexibility index (Phi) is 9.43. The van der Waals surface area contributed by atoms with E-state index in [1.807, 2.05) is 47.4 Å². The van der Waals surface area contributed by atoms with Crippen LogP contribution in [0.5, 0.6) is 11.5 Å². The third kappa shape index (κ3) is 6.56. The summed E-state index contributed by atoms with van der Waals surface area (Å²) in [5.74, 6) is 2.46. The quantitative estimate of drug-likeness (QED) is 0.157. The molecule has 0 amide bonds. The molecule has 0 aliphatic carbocycles. The van der Waals surface area contributed by atoms with E-state index in [0.29, 0.717) is 17.4 Å². The largest absolute Gasteiger partial charge is 2.00 e.